The largest absolute Gasteiger partial charge is 0.497 e. The molecule has 0 aliphatic carbocycles. The number of amides is 1. The summed E-state index contributed by atoms with van der Waals surface area (Å²) in [4.78, 5) is 23.7. The lowest BCUT2D eigenvalue weighted by Gasteiger charge is -2.14. The highest BCUT2D eigenvalue weighted by Gasteiger charge is 2.15. The molecule has 2 aromatic carbocycles. The van der Waals surface area contributed by atoms with Crippen LogP contribution in [0.1, 0.15) is 12.1 Å². The highest BCUT2D eigenvalue weighted by Crippen LogP contribution is 2.26. The molecule has 1 amide bonds. The Labute approximate surface area is 174 Å². The minimum atomic E-state index is -0.878. The Hall–Kier alpha value is -3.74. The third-order valence-corrected chi connectivity index (χ3v) is 4.73. The summed E-state index contributed by atoms with van der Waals surface area (Å²) in [6.07, 6.45) is 0.327. The molecule has 0 radical (unpaired) electrons. The van der Waals surface area contributed by atoms with Crippen LogP contribution in [0.5, 0.6) is 11.5 Å². The van der Waals surface area contributed by atoms with E-state index in [9.17, 15) is 9.59 Å². The fourth-order valence-corrected chi connectivity index (χ4v) is 3.18. The highest BCUT2D eigenvalue weighted by atomic mass is 16.5. The van der Waals surface area contributed by atoms with Gasteiger partial charge >= 0.3 is 5.97 Å². The van der Waals surface area contributed by atoms with E-state index in [0.29, 0.717) is 17.9 Å². The first-order valence-corrected chi connectivity index (χ1v) is 9.48. The van der Waals surface area contributed by atoms with Crippen LogP contribution in [-0.2, 0) is 22.6 Å². The molecule has 3 rings (SSSR count). The highest BCUT2D eigenvalue weighted by molar-refractivity contribution is 5.91. The molecule has 0 atom stereocenters. The van der Waals surface area contributed by atoms with Crippen LogP contribution in [0, 0.1) is 0 Å². The lowest BCUT2D eigenvalue weighted by Crippen LogP contribution is -2.21. The zero-order valence-electron chi connectivity index (χ0n) is 16.9. The van der Waals surface area contributed by atoms with Crippen molar-refractivity contribution in [2.75, 3.05) is 19.5 Å². The molecule has 3 aromatic rings. The second kappa shape index (κ2) is 9.65. The third kappa shape index (κ3) is 5.20. The number of nitrogens with one attached hydrogen (secondary N) is 1. The first-order valence-electron chi connectivity index (χ1n) is 9.48. The zero-order chi connectivity index (χ0) is 21.5. The maximum atomic E-state index is 12.7. The van der Waals surface area contributed by atoms with Gasteiger partial charge in [0, 0.05) is 17.1 Å². The molecular weight excluding hydrogens is 384 g/mol. The Morgan fingerprint density at radius 3 is 2.07 bits per heavy atom. The first kappa shape index (κ1) is 21.0. The average Bonchev–Trinajstić information content (AvgIpc) is 3.15. The van der Waals surface area contributed by atoms with Gasteiger partial charge in [-0.25, -0.2) is 0 Å². The van der Waals surface area contributed by atoms with Gasteiger partial charge in [0.15, 0.2) is 0 Å². The van der Waals surface area contributed by atoms with Crippen molar-refractivity contribution in [3.63, 3.8) is 0 Å². The predicted octanol–water partition coefficient (Wildman–Crippen LogP) is 3.83. The normalized spacial score (nSPS) is 10.5. The lowest BCUT2D eigenvalue weighted by atomic mass is 10.1. The molecule has 30 heavy (non-hydrogen) atoms. The van der Waals surface area contributed by atoms with Crippen molar-refractivity contribution in [3.8, 4) is 22.8 Å². The summed E-state index contributed by atoms with van der Waals surface area (Å²) in [5.74, 6) is 0.357. The van der Waals surface area contributed by atoms with Crippen LogP contribution < -0.4 is 14.8 Å². The molecule has 0 bridgehead atoms. The number of rotatable bonds is 9. The minimum Gasteiger partial charge on any atom is -0.497 e. The molecule has 7 nitrogen and oxygen atoms in total. The smallest absolute Gasteiger partial charge is 0.303 e. The van der Waals surface area contributed by atoms with E-state index in [1.807, 2.05) is 41.0 Å². The Balaban J connectivity index is 1.84. The van der Waals surface area contributed by atoms with E-state index in [0.717, 1.165) is 22.7 Å². The number of carboxylic acids is 1. The molecule has 0 saturated heterocycles. The predicted molar refractivity (Wildman–Crippen MR) is 114 cm³/mol. The summed E-state index contributed by atoms with van der Waals surface area (Å²) < 4.78 is 12.2. The van der Waals surface area contributed by atoms with Crippen LogP contribution in [-0.4, -0.2) is 35.8 Å². The Morgan fingerprint density at radius 1 is 0.900 bits per heavy atom. The van der Waals surface area contributed by atoms with Gasteiger partial charge in [-0.15, -0.1) is 0 Å². The topological polar surface area (TPSA) is 89.8 Å². The number of aromatic nitrogens is 1. The van der Waals surface area contributed by atoms with Crippen LogP contribution in [0.4, 0.5) is 5.69 Å². The third-order valence-electron chi connectivity index (χ3n) is 4.73. The van der Waals surface area contributed by atoms with Crippen molar-refractivity contribution in [3.05, 3.63) is 66.4 Å². The van der Waals surface area contributed by atoms with Gasteiger partial charge in [-0.1, -0.05) is 0 Å². The monoisotopic (exact) mass is 408 g/mol. The molecule has 1 heterocycles. The van der Waals surface area contributed by atoms with Gasteiger partial charge in [0.05, 0.1) is 20.6 Å². The van der Waals surface area contributed by atoms with Gasteiger partial charge < -0.3 is 24.5 Å². The lowest BCUT2D eigenvalue weighted by molar-refractivity contribution is -0.137. The summed E-state index contributed by atoms with van der Waals surface area (Å²) in [6.45, 7) is 0.0648. The Kier molecular flexibility index (Phi) is 6.75. The molecule has 7 heteroatoms. The fraction of sp³-hybridized carbons (Fsp3) is 0.217. The summed E-state index contributed by atoms with van der Waals surface area (Å²) >= 11 is 0. The van der Waals surface area contributed by atoms with Crippen molar-refractivity contribution >= 4 is 17.6 Å². The number of benzene rings is 2. The second-order valence-corrected chi connectivity index (χ2v) is 6.69. The molecule has 0 aliphatic heterocycles. The number of hydrogen-bond donors (Lipinski definition) is 2. The van der Waals surface area contributed by atoms with E-state index >= 15 is 0 Å². The van der Waals surface area contributed by atoms with Crippen molar-refractivity contribution in [1.29, 1.82) is 0 Å². The van der Waals surface area contributed by atoms with E-state index in [-0.39, 0.29) is 18.9 Å². The van der Waals surface area contributed by atoms with Crippen LogP contribution in [0.2, 0.25) is 0 Å². The van der Waals surface area contributed by atoms with E-state index in [1.165, 1.54) is 0 Å². The number of carboxylic acid groups (broad SMARTS) is 1. The number of hydrogen-bond acceptors (Lipinski definition) is 4. The molecule has 1 aromatic heterocycles. The van der Waals surface area contributed by atoms with Gasteiger partial charge in [0.1, 0.15) is 18.0 Å². The maximum absolute atomic E-state index is 12.7. The Bertz CT molecular complexity index is 1010. The molecule has 0 aliphatic rings. The SMILES string of the molecule is COc1ccc(NC(=O)Cn2c(CCC(=O)O)ccc2-c2ccc(OC)cc2)cc1. The molecule has 0 unspecified atom stereocenters. The van der Waals surface area contributed by atoms with Gasteiger partial charge in [-0.3, -0.25) is 9.59 Å². The number of aryl methyl sites for hydroxylation is 1. The average molecular weight is 408 g/mol. The number of carbonyl (C=O) groups excluding carboxylic acids is 1. The van der Waals surface area contributed by atoms with E-state index in [1.54, 1.807) is 38.5 Å². The Morgan fingerprint density at radius 2 is 1.50 bits per heavy atom. The first-order chi connectivity index (χ1) is 14.5. The molecule has 0 saturated carbocycles. The number of ether oxygens (including phenoxy) is 2. The molecule has 156 valence electrons. The summed E-state index contributed by atoms with van der Waals surface area (Å²) in [7, 11) is 3.18. The number of methoxy groups -OCH3 is 2. The standard InChI is InChI=1S/C23H24N2O5/c1-29-19-9-3-16(4-10-19)21-13-7-18(8-14-23(27)28)25(21)15-22(26)24-17-5-11-20(30-2)12-6-17/h3-7,9-13H,8,14-15H2,1-2H3,(H,24,26)(H,27,28). The van der Waals surface area contributed by atoms with Crippen molar-refractivity contribution in [2.45, 2.75) is 19.4 Å². The number of anilines is 1. The fourth-order valence-electron chi connectivity index (χ4n) is 3.18. The van der Waals surface area contributed by atoms with Crippen LogP contribution in [0.25, 0.3) is 11.3 Å². The molecule has 0 spiro atoms. The number of nitrogens with zero attached hydrogens (tertiary/aromatic N) is 1. The summed E-state index contributed by atoms with van der Waals surface area (Å²) in [5.41, 5.74) is 3.19. The maximum Gasteiger partial charge on any atom is 0.303 e. The number of aliphatic carboxylic acids is 1. The number of carbonyl (C=O) groups is 2. The summed E-state index contributed by atoms with van der Waals surface area (Å²) in [6, 6.07) is 18.4. The minimum absolute atomic E-state index is 0.00777. The molecule has 0 fully saturated rings. The summed E-state index contributed by atoms with van der Waals surface area (Å²) in [5, 5.41) is 11.9. The second-order valence-electron chi connectivity index (χ2n) is 6.69. The molecule has 2 N–H and O–H groups in total. The van der Waals surface area contributed by atoms with E-state index in [4.69, 9.17) is 14.6 Å². The van der Waals surface area contributed by atoms with Crippen LogP contribution >= 0.6 is 0 Å². The van der Waals surface area contributed by atoms with Gasteiger partial charge in [-0.2, -0.15) is 0 Å². The van der Waals surface area contributed by atoms with Gasteiger partial charge in [0.2, 0.25) is 5.91 Å². The van der Waals surface area contributed by atoms with Crippen LogP contribution in [0.3, 0.4) is 0 Å². The van der Waals surface area contributed by atoms with Crippen molar-refractivity contribution in [1.82, 2.24) is 4.57 Å². The quantitative estimate of drug-likeness (QED) is 0.562. The van der Waals surface area contributed by atoms with Crippen molar-refractivity contribution < 1.29 is 24.2 Å². The van der Waals surface area contributed by atoms with E-state index in [2.05, 4.69) is 5.32 Å². The zero-order valence-corrected chi connectivity index (χ0v) is 16.9. The van der Waals surface area contributed by atoms with Crippen molar-refractivity contribution in [2.24, 2.45) is 0 Å². The van der Waals surface area contributed by atoms with Gasteiger partial charge in [-0.05, 0) is 72.6 Å². The van der Waals surface area contributed by atoms with Gasteiger partial charge in [0.25, 0.3) is 0 Å². The molecular formula is C23H24N2O5. The van der Waals surface area contributed by atoms with Crippen LogP contribution in [0.15, 0.2) is 60.7 Å². The van der Waals surface area contributed by atoms with E-state index < -0.39 is 5.97 Å².